The minimum absolute atomic E-state index is 0.741. The van der Waals surface area contributed by atoms with E-state index in [1.807, 2.05) is 48.3 Å². The summed E-state index contributed by atoms with van der Waals surface area (Å²) < 4.78 is 1.96. The van der Waals surface area contributed by atoms with Crippen LogP contribution in [0.1, 0.15) is 5.56 Å². The van der Waals surface area contributed by atoms with Crippen molar-refractivity contribution >= 4 is 22.5 Å². The van der Waals surface area contributed by atoms with E-state index in [-0.39, 0.29) is 0 Å². The zero-order valence-corrected chi connectivity index (χ0v) is 11.4. The summed E-state index contributed by atoms with van der Waals surface area (Å²) in [6.07, 6.45) is 1.88. The van der Waals surface area contributed by atoms with Crippen molar-refractivity contribution in [2.45, 2.75) is 6.54 Å². The molecule has 0 aliphatic rings. The van der Waals surface area contributed by atoms with Crippen molar-refractivity contribution in [3.63, 3.8) is 0 Å². The van der Waals surface area contributed by atoms with Gasteiger partial charge in [-0.25, -0.2) is 4.68 Å². The van der Waals surface area contributed by atoms with Crippen molar-refractivity contribution in [2.75, 3.05) is 7.05 Å². The number of hydrogen-bond acceptors (Lipinski definition) is 2. The summed E-state index contributed by atoms with van der Waals surface area (Å²) in [5.41, 5.74) is 3.28. The highest BCUT2D eigenvalue weighted by atomic mass is 35.5. The molecule has 0 saturated carbocycles. The van der Waals surface area contributed by atoms with Crippen molar-refractivity contribution in [3.05, 3.63) is 59.2 Å². The lowest BCUT2D eigenvalue weighted by Gasteiger charge is -2.11. The molecule has 0 saturated heterocycles. The fourth-order valence-electron chi connectivity index (χ4n) is 2.26. The van der Waals surface area contributed by atoms with Crippen LogP contribution in [0.2, 0.25) is 5.02 Å². The predicted molar refractivity (Wildman–Crippen MR) is 78.8 cm³/mol. The number of nitrogens with one attached hydrogen (secondary N) is 1. The molecule has 19 heavy (non-hydrogen) atoms. The normalized spacial score (nSPS) is 11.1. The molecular formula is C15H14ClN3. The second kappa shape index (κ2) is 5.03. The van der Waals surface area contributed by atoms with Gasteiger partial charge in [0.2, 0.25) is 0 Å². The summed E-state index contributed by atoms with van der Waals surface area (Å²) in [7, 11) is 1.92. The lowest BCUT2D eigenvalue weighted by Crippen LogP contribution is -2.09. The maximum atomic E-state index is 6.07. The van der Waals surface area contributed by atoms with Crippen molar-refractivity contribution < 1.29 is 0 Å². The molecule has 0 atom stereocenters. The molecule has 0 spiro atoms. The molecule has 1 aromatic heterocycles. The van der Waals surface area contributed by atoms with Crippen LogP contribution in [0.25, 0.3) is 16.6 Å². The summed E-state index contributed by atoms with van der Waals surface area (Å²) in [5, 5.41) is 9.52. The molecule has 3 aromatic rings. The molecule has 0 unspecified atom stereocenters. The Bertz CT molecular complexity index is 718. The Kier molecular flexibility index (Phi) is 3.23. The van der Waals surface area contributed by atoms with Gasteiger partial charge in [0.15, 0.2) is 0 Å². The van der Waals surface area contributed by atoms with Crippen LogP contribution in [0.15, 0.2) is 48.7 Å². The highest BCUT2D eigenvalue weighted by molar-refractivity contribution is 6.30. The maximum absolute atomic E-state index is 6.07. The molecule has 0 radical (unpaired) electrons. The largest absolute Gasteiger partial charge is 0.316 e. The number of benzene rings is 2. The van der Waals surface area contributed by atoms with E-state index in [2.05, 4.69) is 22.5 Å². The molecule has 0 aliphatic heterocycles. The Balaban J connectivity index is 2.21. The third kappa shape index (κ3) is 2.23. The average Bonchev–Trinajstić information content (AvgIpc) is 2.83. The number of aromatic nitrogens is 2. The van der Waals surface area contributed by atoms with E-state index >= 15 is 0 Å². The van der Waals surface area contributed by atoms with Crippen LogP contribution in [-0.4, -0.2) is 16.8 Å². The van der Waals surface area contributed by atoms with Gasteiger partial charge >= 0.3 is 0 Å². The molecule has 0 bridgehead atoms. The molecule has 4 heteroatoms. The second-order valence-electron chi connectivity index (χ2n) is 4.42. The van der Waals surface area contributed by atoms with Crippen LogP contribution in [0, 0.1) is 0 Å². The van der Waals surface area contributed by atoms with Crippen LogP contribution in [0.4, 0.5) is 0 Å². The first-order chi connectivity index (χ1) is 9.29. The summed E-state index contributed by atoms with van der Waals surface area (Å²) in [6.45, 7) is 0.754. The van der Waals surface area contributed by atoms with E-state index in [9.17, 15) is 0 Å². The van der Waals surface area contributed by atoms with Gasteiger partial charge in [0.1, 0.15) is 0 Å². The first kappa shape index (κ1) is 12.2. The fraction of sp³-hybridized carbons (Fsp3) is 0.133. The van der Waals surface area contributed by atoms with E-state index in [4.69, 9.17) is 11.6 Å². The third-order valence-electron chi connectivity index (χ3n) is 3.11. The van der Waals surface area contributed by atoms with Crippen molar-refractivity contribution in [3.8, 4) is 5.69 Å². The molecule has 0 fully saturated rings. The quantitative estimate of drug-likeness (QED) is 0.791. The summed E-state index contributed by atoms with van der Waals surface area (Å²) >= 11 is 6.07. The van der Waals surface area contributed by atoms with Crippen molar-refractivity contribution in [1.29, 1.82) is 0 Å². The van der Waals surface area contributed by atoms with E-state index in [0.717, 1.165) is 33.7 Å². The van der Waals surface area contributed by atoms with Gasteiger partial charge in [-0.05, 0) is 36.9 Å². The van der Waals surface area contributed by atoms with Gasteiger partial charge < -0.3 is 5.32 Å². The van der Waals surface area contributed by atoms with Gasteiger partial charge in [-0.15, -0.1) is 0 Å². The Morgan fingerprint density at radius 1 is 1.21 bits per heavy atom. The molecular weight excluding hydrogens is 258 g/mol. The highest BCUT2D eigenvalue weighted by Gasteiger charge is 2.09. The fourth-order valence-corrected chi connectivity index (χ4v) is 2.45. The van der Waals surface area contributed by atoms with E-state index < -0.39 is 0 Å². The third-order valence-corrected chi connectivity index (χ3v) is 3.35. The van der Waals surface area contributed by atoms with Gasteiger partial charge in [-0.1, -0.05) is 29.8 Å². The van der Waals surface area contributed by atoms with Crippen LogP contribution in [-0.2, 0) is 6.54 Å². The Labute approximate surface area is 116 Å². The SMILES string of the molecule is CNCc1cc(Cl)ccc1-n1ncc2ccccc21. The molecule has 0 aliphatic carbocycles. The molecule has 3 nitrogen and oxygen atoms in total. The standard InChI is InChI=1S/C15H14ClN3/c1-17-9-12-8-13(16)6-7-15(12)19-14-5-3-2-4-11(14)10-18-19/h2-8,10,17H,9H2,1H3. The van der Waals surface area contributed by atoms with E-state index in [1.165, 1.54) is 0 Å². The molecule has 96 valence electrons. The van der Waals surface area contributed by atoms with Gasteiger partial charge in [-0.3, -0.25) is 0 Å². The van der Waals surface area contributed by atoms with Crippen LogP contribution < -0.4 is 5.32 Å². The molecule has 2 aromatic carbocycles. The summed E-state index contributed by atoms with van der Waals surface area (Å²) in [5.74, 6) is 0. The number of hydrogen-bond donors (Lipinski definition) is 1. The van der Waals surface area contributed by atoms with Crippen molar-refractivity contribution in [2.24, 2.45) is 0 Å². The van der Waals surface area contributed by atoms with Crippen LogP contribution >= 0.6 is 11.6 Å². The van der Waals surface area contributed by atoms with Gasteiger partial charge in [0.25, 0.3) is 0 Å². The predicted octanol–water partition coefficient (Wildman–Crippen LogP) is 3.40. The van der Waals surface area contributed by atoms with E-state index in [0.29, 0.717) is 0 Å². The first-order valence-corrected chi connectivity index (χ1v) is 6.53. The van der Waals surface area contributed by atoms with Crippen LogP contribution in [0.5, 0.6) is 0 Å². The first-order valence-electron chi connectivity index (χ1n) is 6.16. The zero-order valence-electron chi connectivity index (χ0n) is 10.6. The summed E-state index contributed by atoms with van der Waals surface area (Å²) in [4.78, 5) is 0. The highest BCUT2D eigenvalue weighted by Crippen LogP contribution is 2.23. The number of nitrogens with zero attached hydrogens (tertiary/aromatic N) is 2. The summed E-state index contributed by atoms with van der Waals surface area (Å²) in [6, 6.07) is 14.1. The topological polar surface area (TPSA) is 29.9 Å². The number of para-hydroxylation sites is 1. The lowest BCUT2D eigenvalue weighted by atomic mass is 10.1. The second-order valence-corrected chi connectivity index (χ2v) is 4.85. The maximum Gasteiger partial charge on any atom is 0.0741 e. The zero-order chi connectivity index (χ0) is 13.2. The molecule has 1 N–H and O–H groups in total. The number of halogens is 1. The van der Waals surface area contributed by atoms with Crippen LogP contribution in [0.3, 0.4) is 0 Å². The minimum atomic E-state index is 0.741. The average molecular weight is 272 g/mol. The molecule has 0 amide bonds. The number of rotatable bonds is 3. The van der Waals surface area contributed by atoms with Gasteiger partial charge in [0, 0.05) is 17.0 Å². The van der Waals surface area contributed by atoms with Gasteiger partial charge in [-0.2, -0.15) is 5.10 Å². The lowest BCUT2D eigenvalue weighted by molar-refractivity contribution is 0.796. The Morgan fingerprint density at radius 2 is 2.05 bits per heavy atom. The Morgan fingerprint density at radius 3 is 2.89 bits per heavy atom. The van der Waals surface area contributed by atoms with Crippen molar-refractivity contribution in [1.82, 2.24) is 15.1 Å². The number of fused-ring (bicyclic) bond motifs is 1. The monoisotopic (exact) mass is 271 g/mol. The minimum Gasteiger partial charge on any atom is -0.316 e. The molecule has 1 heterocycles. The smallest absolute Gasteiger partial charge is 0.0741 e. The molecule has 3 rings (SSSR count). The van der Waals surface area contributed by atoms with E-state index in [1.54, 1.807) is 0 Å². The Hall–Kier alpha value is -1.84. The van der Waals surface area contributed by atoms with Gasteiger partial charge in [0.05, 0.1) is 17.4 Å².